The van der Waals surface area contributed by atoms with Gasteiger partial charge in [0.15, 0.2) is 0 Å². The summed E-state index contributed by atoms with van der Waals surface area (Å²) in [6.45, 7) is 9.14. The van der Waals surface area contributed by atoms with Crippen molar-refractivity contribution in [3.05, 3.63) is 0 Å². The minimum Gasteiger partial charge on any atom is -0.342 e. The number of likely N-dealkylation sites (N-methyl/N-ethyl adjacent to an activating group) is 1. The SMILES string of the molecule is CCN(CC)C(=O)CNC(C)C(=O)N1CCCCC1. The van der Waals surface area contributed by atoms with Crippen LogP contribution < -0.4 is 5.32 Å². The Labute approximate surface area is 116 Å². The van der Waals surface area contributed by atoms with E-state index in [1.54, 1.807) is 4.90 Å². The monoisotopic (exact) mass is 269 g/mol. The van der Waals surface area contributed by atoms with Gasteiger partial charge in [0, 0.05) is 26.2 Å². The average molecular weight is 269 g/mol. The summed E-state index contributed by atoms with van der Waals surface area (Å²) in [5.41, 5.74) is 0. The predicted molar refractivity (Wildman–Crippen MR) is 75.8 cm³/mol. The molecule has 1 heterocycles. The van der Waals surface area contributed by atoms with Gasteiger partial charge in [-0.1, -0.05) is 0 Å². The van der Waals surface area contributed by atoms with E-state index in [-0.39, 0.29) is 24.4 Å². The highest BCUT2D eigenvalue weighted by Gasteiger charge is 2.22. The van der Waals surface area contributed by atoms with E-state index in [2.05, 4.69) is 5.32 Å². The summed E-state index contributed by atoms with van der Waals surface area (Å²) in [6, 6.07) is -0.280. The van der Waals surface area contributed by atoms with Gasteiger partial charge < -0.3 is 9.80 Å². The summed E-state index contributed by atoms with van der Waals surface area (Å²) in [6.07, 6.45) is 3.40. The van der Waals surface area contributed by atoms with Crippen LogP contribution in [-0.2, 0) is 9.59 Å². The van der Waals surface area contributed by atoms with E-state index >= 15 is 0 Å². The molecule has 0 aromatic carbocycles. The zero-order valence-electron chi connectivity index (χ0n) is 12.4. The Balaban J connectivity index is 2.35. The average Bonchev–Trinajstić information content (AvgIpc) is 2.46. The molecule has 0 saturated carbocycles. The molecule has 1 saturated heterocycles. The normalized spacial score (nSPS) is 17.1. The van der Waals surface area contributed by atoms with E-state index in [9.17, 15) is 9.59 Å². The van der Waals surface area contributed by atoms with Crippen LogP contribution in [-0.4, -0.2) is 60.4 Å². The second-order valence-electron chi connectivity index (χ2n) is 5.05. The minimum atomic E-state index is -0.280. The number of amides is 2. The van der Waals surface area contributed by atoms with Crippen LogP contribution in [0.4, 0.5) is 0 Å². The highest BCUT2D eigenvalue weighted by Crippen LogP contribution is 2.09. The molecule has 0 radical (unpaired) electrons. The summed E-state index contributed by atoms with van der Waals surface area (Å²) < 4.78 is 0. The van der Waals surface area contributed by atoms with Crippen LogP contribution in [0.3, 0.4) is 0 Å². The van der Waals surface area contributed by atoms with Crippen LogP contribution in [0.25, 0.3) is 0 Å². The van der Waals surface area contributed by atoms with Gasteiger partial charge in [-0.3, -0.25) is 14.9 Å². The van der Waals surface area contributed by atoms with Crippen LogP contribution in [0.5, 0.6) is 0 Å². The predicted octanol–water partition coefficient (Wildman–Crippen LogP) is 0.845. The molecule has 2 amide bonds. The standard InChI is InChI=1S/C14H27N3O2/c1-4-16(5-2)13(18)11-15-12(3)14(19)17-9-7-6-8-10-17/h12,15H,4-11H2,1-3H3. The molecular formula is C14H27N3O2. The molecule has 0 aromatic rings. The van der Waals surface area contributed by atoms with Gasteiger partial charge in [0.25, 0.3) is 0 Å². The lowest BCUT2D eigenvalue weighted by atomic mass is 10.1. The largest absolute Gasteiger partial charge is 0.342 e. The van der Waals surface area contributed by atoms with Gasteiger partial charge in [0.1, 0.15) is 0 Å². The van der Waals surface area contributed by atoms with Crippen LogP contribution in [0.15, 0.2) is 0 Å². The Kier molecular flexibility index (Phi) is 6.84. The number of piperidine rings is 1. The van der Waals surface area contributed by atoms with Crippen LogP contribution in [0.1, 0.15) is 40.0 Å². The molecular weight excluding hydrogens is 242 g/mol. The van der Waals surface area contributed by atoms with Crippen molar-refractivity contribution in [1.82, 2.24) is 15.1 Å². The molecule has 1 aliphatic heterocycles. The highest BCUT2D eigenvalue weighted by molar-refractivity contribution is 5.83. The maximum absolute atomic E-state index is 12.2. The number of likely N-dealkylation sites (tertiary alicyclic amines) is 1. The molecule has 5 nitrogen and oxygen atoms in total. The first kappa shape index (κ1) is 16.0. The van der Waals surface area contributed by atoms with Gasteiger partial charge in [-0.2, -0.15) is 0 Å². The van der Waals surface area contributed by atoms with Crippen molar-refractivity contribution in [3.8, 4) is 0 Å². The molecule has 1 rings (SSSR count). The number of nitrogens with one attached hydrogen (secondary N) is 1. The maximum Gasteiger partial charge on any atom is 0.239 e. The third kappa shape index (κ3) is 4.82. The van der Waals surface area contributed by atoms with E-state index < -0.39 is 0 Å². The Morgan fingerprint density at radius 1 is 1.16 bits per heavy atom. The van der Waals surface area contributed by atoms with Gasteiger partial charge in [0.05, 0.1) is 12.6 Å². The Bertz CT molecular complexity index is 297. The van der Waals surface area contributed by atoms with E-state index in [1.807, 2.05) is 25.7 Å². The summed E-state index contributed by atoms with van der Waals surface area (Å²) in [5, 5.41) is 3.05. The fourth-order valence-corrected chi connectivity index (χ4v) is 2.40. The van der Waals surface area contributed by atoms with E-state index in [0.717, 1.165) is 25.9 Å². The number of rotatable bonds is 6. The molecule has 110 valence electrons. The Morgan fingerprint density at radius 3 is 2.26 bits per heavy atom. The molecule has 0 bridgehead atoms. The minimum absolute atomic E-state index is 0.0586. The van der Waals surface area contributed by atoms with Gasteiger partial charge in [-0.25, -0.2) is 0 Å². The molecule has 1 aliphatic rings. The van der Waals surface area contributed by atoms with Gasteiger partial charge in [-0.15, -0.1) is 0 Å². The number of hydrogen-bond donors (Lipinski definition) is 1. The first-order valence-electron chi connectivity index (χ1n) is 7.40. The topological polar surface area (TPSA) is 52.7 Å². The fourth-order valence-electron chi connectivity index (χ4n) is 2.40. The van der Waals surface area contributed by atoms with Crippen molar-refractivity contribution in [2.45, 2.75) is 46.1 Å². The first-order chi connectivity index (χ1) is 9.10. The van der Waals surface area contributed by atoms with Gasteiger partial charge in [0.2, 0.25) is 11.8 Å². The quantitative estimate of drug-likeness (QED) is 0.777. The molecule has 1 N–H and O–H groups in total. The van der Waals surface area contributed by atoms with Gasteiger partial charge in [-0.05, 0) is 40.0 Å². The number of carbonyl (C=O) groups is 2. The summed E-state index contributed by atoms with van der Waals surface area (Å²) in [7, 11) is 0. The zero-order valence-corrected chi connectivity index (χ0v) is 12.4. The van der Waals surface area contributed by atoms with Crippen molar-refractivity contribution < 1.29 is 9.59 Å². The van der Waals surface area contributed by atoms with Crippen molar-refractivity contribution in [3.63, 3.8) is 0 Å². The molecule has 1 atom stereocenters. The van der Waals surface area contributed by atoms with E-state index in [0.29, 0.717) is 13.1 Å². The van der Waals surface area contributed by atoms with Crippen molar-refractivity contribution in [1.29, 1.82) is 0 Å². The second kappa shape index (κ2) is 8.15. The molecule has 0 spiro atoms. The van der Waals surface area contributed by atoms with E-state index in [4.69, 9.17) is 0 Å². The zero-order chi connectivity index (χ0) is 14.3. The lowest BCUT2D eigenvalue weighted by Crippen LogP contribution is -2.49. The number of nitrogens with zero attached hydrogens (tertiary/aromatic N) is 2. The second-order valence-corrected chi connectivity index (χ2v) is 5.05. The maximum atomic E-state index is 12.2. The lowest BCUT2D eigenvalue weighted by Gasteiger charge is -2.29. The highest BCUT2D eigenvalue weighted by atomic mass is 16.2. The molecule has 19 heavy (non-hydrogen) atoms. The van der Waals surface area contributed by atoms with Crippen molar-refractivity contribution >= 4 is 11.8 Å². The van der Waals surface area contributed by atoms with Crippen LogP contribution in [0.2, 0.25) is 0 Å². The summed E-state index contributed by atoms with van der Waals surface area (Å²) in [4.78, 5) is 27.7. The molecule has 1 unspecified atom stereocenters. The van der Waals surface area contributed by atoms with E-state index in [1.165, 1.54) is 6.42 Å². The number of carbonyl (C=O) groups excluding carboxylic acids is 2. The van der Waals surface area contributed by atoms with Gasteiger partial charge >= 0.3 is 0 Å². The molecule has 1 fully saturated rings. The fraction of sp³-hybridized carbons (Fsp3) is 0.857. The van der Waals surface area contributed by atoms with Crippen molar-refractivity contribution in [2.75, 3.05) is 32.7 Å². The molecule has 0 aromatic heterocycles. The smallest absolute Gasteiger partial charge is 0.239 e. The third-order valence-electron chi connectivity index (χ3n) is 3.71. The Hall–Kier alpha value is -1.10. The third-order valence-corrected chi connectivity index (χ3v) is 3.71. The summed E-state index contributed by atoms with van der Waals surface area (Å²) in [5.74, 6) is 0.176. The molecule has 0 aliphatic carbocycles. The number of hydrogen-bond acceptors (Lipinski definition) is 3. The van der Waals surface area contributed by atoms with Crippen LogP contribution in [0, 0.1) is 0 Å². The Morgan fingerprint density at radius 2 is 1.74 bits per heavy atom. The molecule has 5 heteroatoms. The first-order valence-corrected chi connectivity index (χ1v) is 7.40. The summed E-state index contributed by atoms with van der Waals surface area (Å²) >= 11 is 0. The van der Waals surface area contributed by atoms with Crippen molar-refractivity contribution in [2.24, 2.45) is 0 Å². The van der Waals surface area contributed by atoms with Crippen LogP contribution >= 0.6 is 0 Å². The lowest BCUT2D eigenvalue weighted by molar-refractivity contribution is -0.134.